The summed E-state index contributed by atoms with van der Waals surface area (Å²) >= 11 is 0. The van der Waals surface area contributed by atoms with E-state index in [9.17, 15) is 0 Å². The number of rotatable bonds is 16. The van der Waals surface area contributed by atoms with Crippen molar-refractivity contribution in [2.75, 3.05) is 13.2 Å². The summed E-state index contributed by atoms with van der Waals surface area (Å²) in [5, 5.41) is 0. The van der Waals surface area contributed by atoms with E-state index in [0.29, 0.717) is 11.8 Å². The SMILES string of the molecule is CCCCCCCC[C@H]1COC(c2ccc([C@H]3OC[C@H](CCCCCCCC)[C@@H](C)O3)cc2)O[C@@H]1C. The van der Waals surface area contributed by atoms with Gasteiger partial charge in [-0.1, -0.05) is 115 Å². The highest BCUT2D eigenvalue weighted by Gasteiger charge is 2.31. The molecule has 0 bridgehead atoms. The molecule has 4 nitrogen and oxygen atoms in total. The molecule has 0 saturated carbocycles. The lowest BCUT2D eigenvalue weighted by atomic mass is 9.95. The van der Waals surface area contributed by atoms with Crippen LogP contribution in [0, 0.1) is 11.8 Å². The van der Waals surface area contributed by atoms with Crippen LogP contribution in [-0.4, -0.2) is 25.4 Å². The van der Waals surface area contributed by atoms with E-state index in [1.807, 2.05) is 0 Å². The third-order valence-corrected chi connectivity index (χ3v) is 8.27. The summed E-state index contributed by atoms with van der Waals surface area (Å²) in [6, 6.07) is 8.45. The highest BCUT2D eigenvalue weighted by molar-refractivity contribution is 5.24. The molecule has 0 spiro atoms. The number of hydrogen-bond acceptors (Lipinski definition) is 4. The average Bonchev–Trinajstić information content (AvgIpc) is 2.89. The lowest BCUT2D eigenvalue weighted by Crippen LogP contribution is -2.34. The predicted molar refractivity (Wildman–Crippen MR) is 148 cm³/mol. The van der Waals surface area contributed by atoms with Crippen molar-refractivity contribution in [1.82, 2.24) is 0 Å². The van der Waals surface area contributed by atoms with Crippen molar-refractivity contribution in [2.45, 2.75) is 142 Å². The summed E-state index contributed by atoms with van der Waals surface area (Å²) in [6.45, 7) is 10.5. The molecule has 6 atom stereocenters. The van der Waals surface area contributed by atoms with Crippen LogP contribution in [0.2, 0.25) is 0 Å². The van der Waals surface area contributed by atoms with Crippen molar-refractivity contribution in [3.63, 3.8) is 0 Å². The van der Waals surface area contributed by atoms with Crippen LogP contribution >= 0.6 is 0 Å². The fourth-order valence-electron chi connectivity index (χ4n) is 5.55. The molecule has 0 amide bonds. The zero-order chi connectivity index (χ0) is 25.6. The van der Waals surface area contributed by atoms with Crippen molar-refractivity contribution in [3.8, 4) is 0 Å². The normalized spacial score (nSPS) is 28.9. The average molecular weight is 503 g/mol. The molecule has 0 aliphatic carbocycles. The first-order valence-electron chi connectivity index (χ1n) is 15.3. The van der Waals surface area contributed by atoms with Gasteiger partial charge in [-0.05, 0) is 26.7 Å². The van der Waals surface area contributed by atoms with Gasteiger partial charge >= 0.3 is 0 Å². The zero-order valence-electron chi connectivity index (χ0n) is 23.7. The van der Waals surface area contributed by atoms with Crippen LogP contribution in [0.25, 0.3) is 0 Å². The maximum atomic E-state index is 6.28. The van der Waals surface area contributed by atoms with Crippen LogP contribution < -0.4 is 0 Å². The van der Waals surface area contributed by atoms with Crippen molar-refractivity contribution >= 4 is 0 Å². The Morgan fingerprint density at radius 1 is 0.556 bits per heavy atom. The Morgan fingerprint density at radius 3 is 1.28 bits per heavy atom. The largest absolute Gasteiger partial charge is 0.348 e. The van der Waals surface area contributed by atoms with Gasteiger partial charge in [-0.25, -0.2) is 0 Å². The lowest BCUT2D eigenvalue weighted by Gasteiger charge is -2.36. The van der Waals surface area contributed by atoms with Crippen LogP contribution in [0.1, 0.15) is 141 Å². The van der Waals surface area contributed by atoms with Gasteiger partial charge in [-0.15, -0.1) is 0 Å². The van der Waals surface area contributed by atoms with Gasteiger partial charge in [0.2, 0.25) is 0 Å². The fourth-order valence-corrected chi connectivity index (χ4v) is 5.55. The molecule has 36 heavy (non-hydrogen) atoms. The summed E-state index contributed by atoms with van der Waals surface area (Å²) in [5.74, 6) is 1.00. The summed E-state index contributed by atoms with van der Waals surface area (Å²) in [6.07, 6.45) is 18.4. The molecule has 0 aromatic heterocycles. The minimum Gasteiger partial charge on any atom is -0.348 e. The second kappa shape index (κ2) is 16.8. The molecular formula is C32H54O4. The molecule has 2 fully saturated rings. The van der Waals surface area contributed by atoms with E-state index in [1.165, 1.54) is 89.9 Å². The van der Waals surface area contributed by atoms with Gasteiger partial charge in [0.05, 0.1) is 25.4 Å². The van der Waals surface area contributed by atoms with Gasteiger partial charge in [-0.2, -0.15) is 0 Å². The number of unbranched alkanes of at least 4 members (excludes halogenated alkanes) is 10. The van der Waals surface area contributed by atoms with E-state index >= 15 is 0 Å². The third kappa shape index (κ3) is 9.74. The monoisotopic (exact) mass is 502 g/mol. The van der Waals surface area contributed by atoms with Crippen LogP contribution in [0.15, 0.2) is 24.3 Å². The topological polar surface area (TPSA) is 36.9 Å². The molecule has 2 aliphatic heterocycles. The summed E-state index contributed by atoms with van der Waals surface area (Å²) in [5.41, 5.74) is 2.15. The van der Waals surface area contributed by atoms with Crippen LogP contribution in [0.4, 0.5) is 0 Å². The van der Waals surface area contributed by atoms with E-state index in [-0.39, 0.29) is 24.8 Å². The van der Waals surface area contributed by atoms with Crippen LogP contribution in [-0.2, 0) is 18.9 Å². The molecule has 0 N–H and O–H groups in total. The molecule has 3 rings (SSSR count). The molecule has 1 unspecified atom stereocenters. The number of hydrogen-bond donors (Lipinski definition) is 0. The van der Waals surface area contributed by atoms with Gasteiger partial charge in [0.25, 0.3) is 0 Å². The maximum Gasteiger partial charge on any atom is 0.184 e. The standard InChI is InChI=1S/C32H54O4/c1-5-7-9-11-13-15-17-29-23-33-31(35-25(29)3)27-19-21-28(22-20-27)32-34-24-30(26(4)36-32)18-16-14-12-10-8-6-2/h19-22,25-26,29-32H,5-18,23-24H2,1-4H3/t25-,26-,29+,30+,31+,32?/m1/s1. The Bertz CT molecular complexity index is 631. The highest BCUT2D eigenvalue weighted by atomic mass is 16.7. The van der Waals surface area contributed by atoms with E-state index in [1.54, 1.807) is 0 Å². The highest BCUT2D eigenvalue weighted by Crippen LogP contribution is 2.35. The van der Waals surface area contributed by atoms with Crippen LogP contribution in [0.5, 0.6) is 0 Å². The van der Waals surface area contributed by atoms with Gasteiger partial charge < -0.3 is 18.9 Å². The molecule has 4 heteroatoms. The predicted octanol–water partition coefficient (Wildman–Crippen LogP) is 9.29. The van der Waals surface area contributed by atoms with Crippen LogP contribution in [0.3, 0.4) is 0 Å². The maximum absolute atomic E-state index is 6.28. The van der Waals surface area contributed by atoms with Gasteiger partial charge in [0, 0.05) is 23.0 Å². The third-order valence-electron chi connectivity index (χ3n) is 8.27. The van der Waals surface area contributed by atoms with Crippen molar-refractivity contribution in [3.05, 3.63) is 35.4 Å². The summed E-state index contributed by atoms with van der Waals surface area (Å²) < 4.78 is 24.8. The summed E-state index contributed by atoms with van der Waals surface area (Å²) in [7, 11) is 0. The first-order chi connectivity index (χ1) is 17.6. The molecule has 2 heterocycles. The zero-order valence-corrected chi connectivity index (χ0v) is 23.7. The minimum absolute atomic E-state index is 0.230. The molecule has 2 saturated heterocycles. The quantitative estimate of drug-likeness (QED) is 0.211. The Labute approximate surface area is 221 Å². The smallest absolute Gasteiger partial charge is 0.184 e. The molecule has 1 aromatic rings. The molecular weight excluding hydrogens is 448 g/mol. The Morgan fingerprint density at radius 2 is 0.917 bits per heavy atom. The Balaban J connectivity index is 1.37. The summed E-state index contributed by atoms with van der Waals surface area (Å²) in [4.78, 5) is 0. The molecule has 2 aliphatic rings. The minimum atomic E-state index is -0.274. The van der Waals surface area contributed by atoms with Gasteiger partial charge in [0.15, 0.2) is 12.6 Å². The molecule has 0 radical (unpaired) electrons. The Hall–Kier alpha value is -0.940. The van der Waals surface area contributed by atoms with Crippen molar-refractivity contribution in [1.29, 1.82) is 0 Å². The van der Waals surface area contributed by atoms with Gasteiger partial charge in [-0.3, -0.25) is 0 Å². The first-order valence-corrected chi connectivity index (χ1v) is 15.3. The number of ether oxygens (including phenoxy) is 4. The van der Waals surface area contributed by atoms with E-state index < -0.39 is 0 Å². The van der Waals surface area contributed by atoms with E-state index in [2.05, 4.69) is 52.0 Å². The lowest BCUT2D eigenvalue weighted by molar-refractivity contribution is -0.239. The van der Waals surface area contributed by atoms with E-state index in [4.69, 9.17) is 18.9 Å². The second-order valence-corrected chi connectivity index (χ2v) is 11.3. The van der Waals surface area contributed by atoms with Crippen molar-refractivity contribution < 1.29 is 18.9 Å². The Kier molecular flexibility index (Phi) is 13.8. The fraction of sp³-hybridized carbons (Fsp3) is 0.812. The molecule has 206 valence electrons. The van der Waals surface area contributed by atoms with Gasteiger partial charge in [0.1, 0.15) is 0 Å². The van der Waals surface area contributed by atoms with Crippen molar-refractivity contribution in [2.24, 2.45) is 11.8 Å². The molecule has 1 aromatic carbocycles. The first kappa shape index (κ1) is 29.6. The second-order valence-electron chi connectivity index (χ2n) is 11.3. The van der Waals surface area contributed by atoms with E-state index in [0.717, 1.165) is 24.3 Å². The number of benzene rings is 1.